The fourth-order valence-electron chi connectivity index (χ4n) is 2.91. The number of nitrogens with zero attached hydrogens (tertiary/aromatic N) is 1. The predicted octanol–water partition coefficient (Wildman–Crippen LogP) is 2.34. The van der Waals surface area contributed by atoms with Gasteiger partial charge >= 0.3 is 6.03 Å². The molecule has 1 fully saturated rings. The topological polar surface area (TPSA) is 83.6 Å². The summed E-state index contributed by atoms with van der Waals surface area (Å²) in [5, 5.41) is 2.53. The third-order valence-corrected chi connectivity index (χ3v) is 5.62. The molecule has 27 heavy (non-hydrogen) atoms. The zero-order valence-corrected chi connectivity index (χ0v) is 15.3. The highest BCUT2D eigenvalue weighted by Crippen LogP contribution is 2.31. The summed E-state index contributed by atoms with van der Waals surface area (Å²) in [6.07, 6.45) is 1.06. The van der Waals surface area contributed by atoms with Gasteiger partial charge in [-0.25, -0.2) is 22.0 Å². The van der Waals surface area contributed by atoms with Crippen molar-refractivity contribution in [3.63, 3.8) is 0 Å². The van der Waals surface area contributed by atoms with E-state index in [0.717, 1.165) is 17.2 Å². The Balaban J connectivity index is 1.91. The average Bonchev–Trinajstić information content (AvgIpc) is 2.82. The minimum absolute atomic E-state index is 0.0744. The molecular formula is C18H16F2N2O4S. The van der Waals surface area contributed by atoms with E-state index in [1.165, 1.54) is 43.3 Å². The van der Waals surface area contributed by atoms with E-state index in [0.29, 0.717) is 5.56 Å². The van der Waals surface area contributed by atoms with Crippen LogP contribution in [0, 0.1) is 11.6 Å². The number of hydrogen-bond acceptors (Lipinski definition) is 4. The summed E-state index contributed by atoms with van der Waals surface area (Å²) in [6, 6.07) is 8.30. The van der Waals surface area contributed by atoms with Crippen molar-refractivity contribution in [1.82, 2.24) is 10.2 Å². The summed E-state index contributed by atoms with van der Waals surface area (Å²) in [5.74, 6) is -2.84. The molecule has 1 aliphatic heterocycles. The van der Waals surface area contributed by atoms with Crippen molar-refractivity contribution in [1.29, 1.82) is 0 Å². The van der Waals surface area contributed by atoms with Gasteiger partial charge in [-0.3, -0.25) is 9.69 Å². The molecule has 3 amide bonds. The predicted molar refractivity (Wildman–Crippen MR) is 92.3 cm³/mol. The summed E-state index contributed by atoms with van der Waals surface area (Å²) in [6.45, 7) is 1.04. The third-order valence-electron chi connectivity index (χ3n) is 4.49. The second-order valence-electron chi connectivity index (χ2n) is 6.46. The molecule has 1 unspecified atom stereocenters. The van der Waals surface area contributed by atoms with Gasteiger partial charge in [-0.05, 0) is 30.7 Å². The van der Waals surface area contributed by atoms with Crippen molar-refractivity contribution in [3.05, 3.63) is 65.2 Å². The van der Waals surface area contributed by atoms with Crippen LogP contribution >= 0.6 is 0 Å². The molecule has 3 rings (SSSR count). The maximum absolute atomic E-state index is 13.9. The van der Waals surface area contributed by atoms with E-state index in [1.807, 2.05) is 0 Å². The van der Waals surface area contributed by atoms with Crippen LogP contribution in [0.1, 0.15) is 18.1 Å². The molecule has 1 atom stereocenters. The normalized spacial score (nSPS) is 20.1. The highest BCUT2D eigenvalue weighted by atomic mass is 32.2. The minimum atomic E-state index is -3.41. The molecule has 1 N–H and O–H groups in total. The smallest absolute Gasteiger partial charge is 0.319 e. The lowest BCUT2D eigenvalue weighted by atomic mass is 9.92. The number of sulfone groups is 1. The van der Waals surface area contributed by atoms with Crippen LogP contribution in [0.3, 0.4) is 0 Å². The largest absolute Gasteiger partial charge is 0.325 e. The van der Waals surface area contributed by atoms with Gasteiger partial charge in [-0.15, -0.1) is 0 Å². The highest BCUT2D eigenvalue weighted by molar-refractivity contribution is 7.90. The van der Waals surface area contributed by atoms with E-state index in [1.54, 1.807) is 0 Å². The Morgan fingerprint density at radius 1 is 1.07 bits per heavy atom. The summed E-state index contributed by atoms with van der Waals surface area (Å²) in [7, 11) is -3.41. The van der Waals surface area contributed by atoms with E-state index >= 15 is 0 Å². The Kier molecular flexibility index (Phi) is 4.51. The van der Waals surface area contributed by atoms with Gasteiger partial charge in [0.2, 0.25) is 0 Å². The molecule has 1 saturated heterocycles. The molecule has 1 aliphatic rings. The molecule has 1 heterocycles. The van der Waals surface area contributed by atoms with Crippen molar-refractivity contribution in [3.8, 4) is 0 Å². The van der Waals surface area contributed by atoms with Gasteiger partial charge in [0.15, 0.2) is 21.5 Å². The van der Waals surface area contributed by atoms with Crippen LogP contribution in [0.4, 0.5) is 13.6 Å². The van der Waals surface area contributed by atoms with Crippen molar-refractivity contribution in [2.75, 3.05) is 6.26 Å². The second kappa shape index (κ2) is 6.41. The molecule has 0 radical (unpaired) electrons. The third kappa shape index (κ3) is 3.30. The molecular weight excluding hydrogens is 378 g/mol. The standard InChI is InChI=1S/C18H16F2N2O4S/c1-18(12-6-8-13(9-7-12)27(2,25)26)16(23)22(17(24)21-18)10-11-4-3-5-14(19)15(11)20/h3-9H,10H2,1-2H3,(H,21,24). The average molecular weight is 394 g/mol. The summed E-state index contributed by atoms with van der Waals surface area (Å²) >= 11 is 0. The molecule has 0 saturated carbocycles. The zero-order valence-electron chi connectivity index (χ0n) is 14.5. The fourth-order valence-corrected chi connectivity index (χ4v) is 3.54. The number of nitrogens with one attached hydrogen (secondary N) is 1. The molecule has 0 spiro atoms. The van der Waals surface area contributed by atoms with Gasteiger partial charge in [0, 0.05) is 11.8 Å². The lowest BCUT2D eigenvalue weighted by molar-refractivity contribution is -0.131. The number of halogens is 2. The van der Waals surface area contributed by atoms with Crippen LogP contribution in [-0.2, 0) is 26.7 Å². The van der Waals surface area contributed by atoms with Gasteiger partial charge in [0.1, 0.15) is 5.54 Å². The van der Waals surface area contributed by atoms with Crippen LogP contribution in [-0.4, -0.2) is 31.5 Å². The Bertz CT molecular complexity index is 1040. The maximum Gasteiger partial charge on any atom is 0.325 e. The first-order chi connectivity index (χ1) is 12.5. The van der Waals surface area contributed by atoms with Crippen molar-refractivity contribution >= 4 is 21.8 Å². The van der Waals surface area contributed by atoms with Gasteiger partial charge in [-0.1, -0.05) is 24.3 Å². The van der Waals surface area contributed by atoms with Gasteiger partial charge in [-0.2, -0.15) is 0 Å². The first-order valence-corrected chi connectivity index (χ1v) is 9.81. The quantitative estimate of drug-likeness (QED) is 0.807. The molecule has 6 nitrogen and oxygen atoms in total. The Morgan fingerprint density at radius 2 is 1.70 bits per heavy atom. The SMILES string of the molecule is CC1(c2ccc(S(C)(=O)=O)cc2)NC(=O)N(Cc2cccc(F)c2F)C1=O. The number of carbonyl (C=O) groups is 2. The maximum atomic E-state index is 13.9. The zero-order chi connectivity index (χ0) is 20.0. The van der Waals surface area contributed by atoms with E-state index in [-0.39, 0.29) is 10.5 Å². The Morgan fingerprint density at radius 3 is 2.30 bits per heavy atom. The number of urea groups is 1. The van der Waals surface area contributed by atoms with Crippen LogP contribution in [0.2, 0.25) is 0 Å². The van der Waals surface area contributed by atoms with E-state index in [2.05, 4.69) is 5.32 Å². The number of benzene rings is 2. The lowest BCUT2D eigenvalue weighted by Gasteiger charge is -2.22. The second-order valence-corrected chi connectivity index (χ2v) is 8.47. The molecule has 0 bridgehead atoms. The van der Waals surface area contributed by atoms with Crippen LogP contribution in [0.15, 0.2) is 47.4 Å². The molecule has 0 aliphatic carbocycles. The highest BCUT2D eigenvalue weighted by Gasteiger charge is 2.49. The number of imide groups is 1. The Hall–Kier alpha value is -2.81. The van der Waals surface area contributed by atoms with Gasteiger partial charge in [0.25, 0.3) is 5.91 Å². The van der Waals surface area contributed by atoms with Crippen molar-refractivity contribution in [2.45, 2.75) is 23.9 Å². The van der Waals surface area contributed by atoms with E-state index in [9.17, 15) is 26.8 Å². The summed E-state index contributed by atoms with van der Waals surface area (Å²) in [4.78, 5) is 26.0. The first-order valence-electron chi connectivity index (χ1n) is 7.91. The number of amides is 3. The van der Waals surface area contributed by atoms with Crippen molar-refractivity contribution < 1.29 is 26.8 Å². The van der Waals surface area contributed by atoms with Gasteiger partial charge < -0.3 is 5.32 Å². The molecule has 2 aromatic rings. The summed E-state index contributed by atoms with van der Waals surface area (Å²) in [5.41, 5.74) is -1.21. The van der Waals surface area contributed by atoms with E-state index in [4.69, 9.17) is 0 Å². The Labute approximate surface area is 154 Å². The van der Waals surface area contributed by atoms with E-state index < -0.39 is 45.5 Å². The van der Waals surface area contributed by atoms with Crippen molar-refractivity contribution in [2.24, 2.45) is 0 Å². The summed E-state index contributed by atoms with van der Waals surface area (Å²) < 4.78 is 50.4. The number of hydrogen-bond donors (Lipinski definition) is 1. The van der Waals surface area contributed by atoms with Gasteiger partial charge in [0.05, 0.1) is 11.4 Å². The number of rotatable bonds is 4. The molecule has 9 heteroatoms. The van der Waals surface area contributed by atoms with Crippen LogP contribution < -0.4 is 5.32 Å². The molecule has 2 aromatic carbocycles. The lowest BCUT2D eigenvalue weighted by Crippen LogP contribution is -2.40. The minimum Gasteiger partial charge on any atom is -0.319 e. The molecule has 142 valence electrons. The molecule has 0 aromatic heterocycles. The first kappa shape index (κ1) is 19.0. The number of carbonyl (C=O) groups excluding carboxylic acids is 2. The fraction of sp³-hybridized carbons (Fsp3) is 0.222. The van der Waals surface area contributed by atoms with Crippen LogP contribution in [0.25, 0.3) is 0 Å². The monoisotopic (exact) mass is 394 g/mol. The van der Waals surface area contributed by atoms with Crippen LogP contribution in [0.5, 0.6) is 0 Å².